The van der Waals surface area contributed by atoms with Crippen molar-refractivity contribution in [3.05, 3.63) is 57.7 Å². The number of fused-ring (bicyclic) bond motifs is 1. The number of aromatic nitrogens is 1. The Morgan fingerprint density at radius 3 is 2.74 bits per heavy atom. The first kappa shape index (κ1) is 18.0. The zero-order valence-electron chi connectivity index (χ0n) is 15.9. The van der Waals surface area contributed by atoms with Crippen molar-refractivity contribution in [2.24, 2.45) is 0 Å². The Labute approximate surface area is 163 Å². The highest BCUT2D eigenvalue weighted by Crippen LogP contribution is 2.47. The fraction of sp³-hybridized carbons (Fsp3) is 0.364. The number of aryl methyl sites for hydroxylation is 2. The predicted molar refractivity (Wildman–Crippen MR) is 108 cm³/mol. The number of methoxy groups -OCH3 is 1. The molecule has 1 aliphatic rings. The summed E-state index contributed by atoms with van der Waals surface area (Å²) in [5, 5.41) is 3.29. The van der Waals surface area contributed by atoms with Gasteiger partial charge in [0.05, 0.1) is 13.5 Å². The molecule has 3 aromatic rings. The van der Waals surface area contributed by atoms with Crippen LogP contribution in [0.5, 0.6) is 5.75 Å². The van der Waals surface area contributed by atoms with Gasteiger partial charge in [0, 0.05) is 21.7 Å². The highest BCUT2D eigenvalue weighted by Gasteiger charge is 2.28. The summed E-state index contributed by atoms with van der Waals surface area (Å²) < 4.78 is 12.2. The van der Waals surface area contributed by atoms with E-state index in [1.165, 1.54) is 35.6 Å². The van der Waals surface area contributed by atoms with Gasteiger partial charge in [-0.15, -0.1) is 11.3 Å². The van der Waals surface area contributed by atoms with Crippen molar-refractivity contribution in [2.45, 2.75) is 45.6 Å². The van der Waals surface area contributed by atoms with Crippen molar-refractivity contribution < 1.29 is 14.3 Å². The van der Waals surface area contributed by atoms with Crippen LogP contribution in [0.25, 0.3) is 10.1 Å². The SMILES string of the molecule is COC(=O)Cc1csc2cc(OCc3ccc(C)nc3C)cc(C3CC3)c12. The van der Waals surface area contributed by atoms with Gasteiger partial charge in [-0.05, 0) is 72.7 Å². The zero-order chi connectivity index (χ0) is 19.0. The molecule has 27 heavy (non-hydrogen) atoms. The monoisotopic (exact) mass is 381 g/mol. The molecule has 0 radical (unpaired) electrons. The molecule has 0 N–H and O–H groups in total. The molecule has 2 heterocycles. The molecule has 0 spiro atoms. The van der Waals surface area contributed by atoms with Gasteiger partial charge >= 0.3 is 5.97 Å². The highest BCUT2D eigenvalue weighted by molar-refractivity contribution is 7.17. The molecule has 5 heteroatoms. The van der Waals surface area contributed by atoms with Crippen LogP contribution in [-0.4, -0.2) is 18.1 Å². The molecule has 2 aromatic heterocycles. The molecule has 0 amide bonds. The lowest BCUT2D eigenvalue weighted by Crippen LogP contribution is -2.04. The largest absolute Gasteiger partial charge is 0.489 e. The molecular weight excluding hydrogens is 358 g/mol. The van der Waals surface area contributed by atoms with Gasteiger partial charge in [-0.3, -0.25) is 9.78 Å². The fourth-order valence-electron chi connectivity index (χ4n) is 3.43. The van der Waals surface area contributed by atoms with E-state index in [9.17, 15) is 4.79 Å². The van der Waals surface area contributed by atoms with Crippen LogP contribution in [-0.2, 0) is 22.6 Å². The number of thiophene rings is 1. The number of benzene rings is 1. The third-order valence-corrected chi connectivity index (χ3v) is 6.04. The minimum atomic E-state index is -0.195. The van der Waals surface area contributed by atoms with Crippen molar-refractivity contribution in [1.29, 1.82) is 0 Å². The van der Waals surface area contributed by atoms with Crippen LogP contribution in [0, 0.1) is 13.8 Å². The van der Waals surface area contributed by atoms with E-state index in [2.05, 4.69) is 28.6 Å². The molecule has 4 rings (SSSR count). The number of hydrogen-bond donors (Lipinski definition) is 0. The molecule has 0 atom stereocenters. The lowest BCUT2D eigenvalue weighted by molar-refractivity contribution is -0.139. The predicted octanol–water partition coefficient (Wildman–Crippen LogP) is 5.09. The second kappa shape index (κ2) is 7.31. The van der Waals surface area contributed by atoms with Crippen LogP contribution in [0.2, 0.25) is 0 Å². The Hall–Kier alpha value is -2.40. The highest BCUT2D eigenvalue weighted by atomic mass is 32.1. The number of esters is 1. The quantitative estimate of drug-likeness (QED) is 0.558. The van der Waals surface area contributed by atoms with E-state index in [1.807, 2.05) is 19.9 Å². The minimum Gasteiger partial charge on any atom is -0.489 e. The van der Waals surface area contributed by atoms with E-state index in [0.717, 1.165) is 28.3 Å². The maximum absolute atomic E-state index is 11.8. The van der Waals surface area contributed by atoms with E-state index in [1.54, 1.807) is 11.3 Å². The van der Waals surface area contributed by atoms with Crippen LogP contribution in [0.4, 0.5) is 0 Å². The average molecular weight is 381 g/mol. The maximum Gasteiger partial charge on any atom is 0.310 e. The van der Waals surface area contributed by atoms with Crippen molar-refractivity contribution in [3.8, 4) is 5.75 Å². The molecular formula is C22H23NO3S. The van der Waals surface area contributed by atoms with Gasteiger partial charge in [0.1, 0.15) is 12.4 Å². The van der Waals surface area contributed by atoms with E-state index >= 15 is 0 Å². The summed E-state index contributed by atoms with van der Waals surface area (Å²) in [7, 11) is 1.44. The van der Waals surface area contributed by atoms with Crippen LogP contribution >= 0.6 is 11.3 Å². The van der Waals surface area contributed by atoms with Crippen molar-refractivity contribution in [1.82, 2.24) is 4.98 Å². The Morgan fingerprint density at radius 1 is 1.22 bits per heavy atom. The summed E-state index contributed by atoms with van der Waals surface area (Å²) in [6.07, 6.45) is 2.73. The van der Waals surface area contributed by atoms with Gasteiger partial charge in [0.15, 0.2) is 0 Å². The van der Waals surface area contributed by atoms with Gasteiger partial charge in [0.2, 0.25) is 0 Å². The van der Waals surface area contributed by atoms with E-state index in [-0.39, 0.29) is 5.97 Å². The molecule has 1 aromatic carbocycles. The number of ether oxygens (including phenoxy) is 2. The second-order valence-electron chi connectivity index (χ2n) is 7.16. The summed E-state index contributed by atoms with van der Waals surface area (Å²) in [5.41, 5.74) is 5.50. The molecule has 1 saturated carbocycles. The van der Waals surface area contributed by atoms with Gasteiger partial charge < -0.3 is 9.47 Å². The van der Waals surface area contributed by atoms with E-state index in [0.29, 0.717) is 18.9 Å². The first-order valence-corrected chi connectivity index (χ1v) is 10.1. The summed E-state index contributed by atoms with van der Waals surface area (Å²) in [4.78, 5) is 16.3. The van der Waals surface area contributed by atoms with Crippen LogP contribution in [0.1, 0.15) is 46.8 Å². The third kappa shape index (κ3) is 3.83. The van der Waals surface area contributed by atoms with Crippen LogP contribution < -0.4 is 4.74 Å². The number of carbonyl (C=O) groups is 1. The Morgan fingerprint density at radius 2 is 2.04 bits per heavy atom. The normalized spacial score (nSPS) is 13.7. The smallest absolute Gasteiger partial charge is 0.310 e. The van der Waals surface area contributed by atoms with Gasteiger partial charge in [-0.1, -0.05) is 6.07 Å². The molecule has 4 nitrogen and oxygen atoms in total. The van der Waals surface area contributed by atoms with Gasteiger partial charge in [-0.25, -0.2) is 0 Å². The lowest BCUT2D eigenvalue weighted by atomic mass is 10.0. The number of pyridine rings is 1. The van der Waals surface area contributed by atoms with Crippen molar-refractivity contribution >= 4 is 27.4 Å². The summed E-state index contributed by atoms with van der Waals surface area (Å²) in [6, 6.07) is 8.34. The van der Waals surface area contributed by atoms with E-state index < -0.39 is 0 Å². The zero-order valence-corrected chi connectivity index (χ0v) is 16.7. The number of hydrogen-bond acceptors (Lipinski definition) is 5. The summed E-state index contributed by atoms with van der Waals surface area (Å²) >= 11 is 1.67. The summed E-state index contributed by atoms with van der Waals surface area (Å²) in [6.45, 7) is 4.52. The van der Waals surface area contributed by atoms with Crippen LogP contribution in [0.3, 0.4) is 0 Å². The standard InChI is InChI=1S/C22H23NO3S/c1-13-4-5-16(14(2)23-13)11-26-18-9-19(15-6-7-15)22-17(8-21(24)25-3)12-27-20(22)10-18/h4-5,9-10,12,15H,6-8,11H2,1-3H3. The molecule has 1 fully saturated rings. The molecule has 0 bridgehead atoms. The maximum atomic E-state index is 11.8. The minimum absolute atomic E-state index is 0.195. The molecule has 0 unspecified atom stereocenters. The second-order valence-corrected chi connectivity index (χ2v) is 8.07. The number of nitrogens with zero attached hydrogens (tertiary/aromatic N) is 1. The van der Waals surface area contributed by atoms with Gasteiger partial charge in [-0.2, -0.15) is 0 Å². The van der Waals surface area contributed by atoms with Crippen molar-refractivity contribution in [2.75, 3.05) is 7.11 Å². The Kier molecular flexibility index (Phi) is 4.87. The Bertz CT molecular complexity index is 1000. The molecule has 0 aliphatic heterocycles. The Balaban J connectivity index is 1.63. The first-order valence-electron chi connectivity index (χ1n) is 9.22. The summed E-state index contributed by atoms with van der Waals surface area (Å²) in [5.74, 6) is 1.26. The van der Waals surface area contributed by atoms with E-state index in [4.69, 9.17) is 9.47 Å². The number of carbonyl (C=O) groups excluding carboxylic acids is 1. The molecule has 140 valence electrons. The number of rotatable bonds is 6. The average Bonchev–Trinajstić information content (AvgIpc) is 3.42. The third-order valence-electron chi connectivity index (χ3n) is 5.06. The van der Waals surface area contributed by atoms with Gasteiger partial charge in [0.25, 0.3) is 0 Å². The topological polar surface area (TPSA) is 48.4 Å². The molecule has 0 saturated heterocycles. The first-order chi connectivity index (χ1) is 13.0. The van der Waals surface area contributed by atoms with Crippen LogP contribution in [0.15, 0.2) is 29.6 Å². The fourth-order valence-corrected chi connectivity index (χ4v) is 4.45. The molecule has 1 aliphatic carbocycles. The lowest BCUT2D eigenvalue weighted by Gasteiger charge is -2.12. The van der Waals surface area contributed by atoms with Crippen molar-refractivity contribution in [3.63, 3.8) is 0 Å².